The standard InChI is InChI=1S/C21H24N2O6S/c1-14-9-10-15(2)19(11-14)30(26,27)22(3)13-20(24)23-12-18(21(25)28-4)29-17-8-6-5-7-16(17)23/h5-11,18H,12-13H2,1-4H3. The van der Waals surface area contributed by atoms with E-state index in [0.717, 1.165) is 9.87 Å². The first-order chi connectivity index (χ1) is 14.1. The fourth-order valence-electron chi connectivity index (χ4n) is 3.24. The van der Waals surface area contributed by atoms with E-state index in [9.17, 15) is 18.0 Å². The third-order valence-corrected chi connectivity index (χ3v) is 6.87. The number of amides is 1. The monoisotopic (exact) mass is 432 g/mol. The van der Waals surface area contributed by atoms with Gasteiger partial charge in [-0.05, 0) is 43.2 Å². The van der Waals surface area contributed by atoms with Crippen molar-refractivity contribution in [2.75, 3.05) is 32.1 Å². The SMILES string of the molecule is COC(=O)C1CN(C(=O)CN(C)S(=O)(=O)c2cc(C)ccc2C)c2ccccc2O1. The minimum Gasteiger partial charge on any atom is -0.475 e. The number of carbonyl (C=O) groups is 2. The summed E-state index contributed by atoms with van der Waals surface area (Å²) in [6.07, 6.45) is -0.991. The number of likely N-dealkylation sites (N-methyl/N-ethyl adjacent to an activating group) is 1. The maximum Gasteiger partial charge on any atom is 0.348 e. The molecule has 1 aliphatic heterocycles. The average Bonchev–Trinajstić information content (AvgIpc) is 2.73. The Morgan fingerprint density at radius 2 is 1.90 bits per heavy atom. The Labute approximate surface area is 176 Å². The highest BCUT2D eigenvalue weighted by molar-refractivity contribution is 7.89. The Morgan fingerprint density at radius 3 is 2.60 bits per heavy atom. The number of hydrogen-bond acceptors (Lipinski definition) is 6. The van der Waals surface area contributed by atoms with Gasteiger partial charge in [0.2, 0.25) is 22.0 Å². The van der Waals surface area contributed by atoms with Crippen LogP contribution in [0.3, 0.4) is 0 Å². The van der Waals surface area contributed by atoms with Crippen molar-refractivity contribution in [3.05, 3.63) is 53.6 Å². The van der Waals surface area contributed by atoms with Crippen molar-refractivity contribution in [2.45, 2.75) is 24.8 Å². The van der Waals surface area contributed by atoms with E-state index in [1.54, 1.807) is 50.2 Å². The second kappa shape index (κ2) is 8.45. The lowest BCUT2D eigenvalue weighted by atomic mass is 10.2. The van der Waals surface area contributed by atoms with Crippen LogP contribution in [0.4, 0.5) is 5.69 Å². The molecule has 9 heteroatoms. The van der Waals surface area contributed by atoms with Crippen molar-refractivity contribution in [3.8, 4) is 5.75 Å². The Kier molecular flexibility index (Phi) is 6.14. The van der Waals surface area contributed by atoms with Gasteiger partial charge in [0.25, 0.3) is 0 Å². The average molecular weight is 432 g/mol. The fraction of sp³-hybridized carbons (Fsp3) is 0.333. The predicted octanol–water partition coefficient (Wildman–Crippen LogP) is 1.89. The van der Waals surface area contributed by atoms with Crippen LogP contribution in [0.1, 0.15) is 11.1 Å². The van der Waals surface area contributed by atoms with Crippen LogP contribution in [0.15, 0.2) is 47.4 Å². The van der Waals surface area contributed by atoms with E-state index >= 15 is 0 Å². The first-order valence-corrected chi connectivity index (χ1v) is 10.8. The number of nitrogens with zero attached hydrogens (tertiary/aromatic N) is 2. The zero-order valence-corrected chi connectivity index (χ0v) is 18.1. The van der Waals surface area contributed by atoms with E-state index in [1.807, 2.05) is 6.07 Å². The minimum absolute atomic E-state index is 0.0696. The molecule has 0 radical (unpaired) electrons. The molecule has 1 aliphatic rings. The fourth-order valence-corrected chi connectivity index (χ4v) is 4.66. The zero-order chi connectivity index (χ0) is 22.1. The summed E-state index contributed by atoms with van der Waals surface area (Å²) in [5, 5.41) is 0. The highest BCUT2D eigenvalue weighted by Gasteiger charge is 2.36. The minimum atomic E-state index is -3.87. The van der Waals surface area contributed by atoms with Crippen molar-refractivity contribution in [2.24, 2.45) is 0 Å². The Hall–Kier alpha value is -2.91. The number of fused-ring (bicyclic) bond motifs is 1. The van der Waals surface area contributed by atoms with Crippen LogP contribution in [0.25, 0.3) is 0 Å². The van der Waals surface area contributed by atoms with Crippen LogP contribution in [-0.2, 0) is 24.3 Å². The smallest absolute Gasteiger partial charge is 0.348 e. The van der Waals surface area contributed by atoms with Crippen LogP contribution >= 0.6 is 0 Å². The summed E-state index contributed by atoms with van der Waals surface area (Å²) in [6, 6.07) is 11.9. The van der Waals surface area contributed by atoms with Crippen molar-refractivity contribution in [1.82, 2.24) is 4.31 Å². The molecular formula is C21H24N2O6S. The molecule has 2 aromatic carbocycles. The highest BCUT2D eigenvalue weighted by atomic mass is 32.2. The van der Waals surface area contributed by atoms with Crippen LogP contribution in [0.2, 0.25) is 0 Å². The van der Waals surface area contributed by atoms with Gasteiger partial charge in [-0.2, -0.15) is 4.31 Å². The maximum absolute atomic E-state index is 13.1. The second-order valence-electron chi connectivity index (χ2n) is 7.13. The number of benzene rings is 2. The van der Waals surface area contributed by atoms with Crippen molar-refractivity contribution in [1.29, 1.82) is 0 Å². The Balaban J connectivity index is 1.87. The lowest BCUT2D eigenvalue weighted by molar-refractivity contribution is -0.148. The molecule has 0 saturated carbocycles. The summed E-state index contributed by atoms with van der Waals surface area (Å²) in [5.41, 5.74) is 1.88. The lowest BCUT2D eigenvalue weighted by Gasteiger charge is -2.34. The first-order valence-electron chi connectivity index (χ1n) is 9.32. The molecule has 0 fully saturated rings. The third kappa shape index (κ3) is 4.17. The van der Waals surface area contributed by atoms with Gasteiger partial charge >= 0.3 is 5.97 Å². The van der Waals surface area contributed by atoms with E-state index in [1.165, 1.54) is 19.1 Å². The summed E-state index contributed by atoms with van der Waals surface area (Å²) in [6.45, 7) is 3.06. The van der Waals surface area contributed by atoms with Gasteiger partial charge in [0.15, 0.2) is 0 Å². The molecule has 3 rings (SSSR count). The van der Waals surface area contributed by atoms with Gasteiger partial charge in [0.1, 0.15) is 5.75 Å². The number of methoxy groups -OCH3 is 1. The number of ether oxygens (including phenoxy) is 2. The number of esters is 1. The molecule has 0 N–H and O–H groups in total. The number of hydrogen-bond donors (Lipinski definition) is 0. The molecule has 0 bridgehead atoms. The number of para-hydroxylation sites is 2. The quantitative estimate of drug-likeness (QED) is 0.670. The number of rotatable bonds is 5. The third-order valence-electron chi connectivity index (χ3n) is 4.93. The van der Waals surface area contributed by atoms with Crippen molar-refractivity contribution in [3.63, 3.8) is 0 Å². The van der Waals surface area contributed by atoms with E-state index in [-0.39, 0.29) is 11.4 Å². The molecule has 30 heavy (non-hydrogen) atoms. The van der Waals surface area contributed by atoms with Crippen molar-refractivity contribution < 1.29 is 27.5 Å². The Bertz CT molecular complexity index is 1080. The topological polar surface area (TPSA) is 93.2 Å². The van der Waals surface area contributed by atoms with Crippen LogP contribution in [0.5, 0.6) is 5.75 Å². The largest absolute Gasteiger partial charge is 0.475 e. The Morgan fingerprint density at radius 1 is 1.20 bits per heavy atom. The maximum atomic E-state index is 13.1. The molecule has 2 aromatic rings. The summed E-state index contributed by atoms with van der Waals surface area (Å²) in [4.78, 5) is 26.6. The van der Waals surface area contributed by atoms with E-state index < -0.39 is 34.5 Å². The van der Waals surface area contributed by atoms with E-state index in [4.69, 9.17) is 9.47 Å². The summed E-state index contributed by atoms with van der Waals surface area (Å²) >= 11 is 0. The molecule has 1 atom stereocenters. The van der Waals surface area contributed by atoms with Gasteiger partial charge in [0, 0.05) is 7.05 Å². The van der Waals surface area contributed by atoms with Gasteiger partial charge in [-0.15, -0.1) is 0 Å². The van der Waals surface area contributed by atoms with Gasteiger partial charge in [-0.1, -0.05) is 24.3 Å². The predicted molar refractivity (Wildman–Crippen MR) is 111 cm³/mol. The molecule has 8 nitrogen and oxygen atoms in total. The first kappa shape index (κ1) is 21.8. The van der Waals surface area contributed by atoms with Crippen LogP contribution in [0, 0.1) is 13.8 Å². The second-order valence-corrected chi connectivity index (χ2v) is 9.15. The van der Waals surface area contributed by atoms with Crippen molar-refractivity contribution >= 4 is 27.6 Å². The number of carbonyl (C=O) groups excluding carboxylic acids is 2. The van der Waals surface area contributed by atoms with E-state index in [2.05, 4.69) is 0 Å². The highest BCUT2D eigenvalue weighted by Crippen LogP contribution is 2.33. The summed E-state index contributed by atoms with van der Waals surface area (Å²) in [5.74, 6) is -0.734. The van der Waals surface area contributed by atoms with Gasteiger partial charge in [-0.3, -0.25) is 4.79 Å². The lowest BCUT2D eigenvalue weighted by Crippen LogP contribution is -2.50. The summed E-state index contributed by atoms with van der Waals surface area (Å²) < 4.78 is 37.5. The molecule has 0 aliphatic carbocycles. The molecule has 160 valence electrons. The van der Waals surface area contributed by atoms with E-state index in [0.29, 0.717) is 17.0 Å². The summed E-state index contributed by atoms with van der Waals surface area (Å²) in [7, 11) is -1.28. The van der Waals surface area contributed by atoms with Crippen LogP contribution in [-0.4, -0.2) is 58.0 Å². The number of anilines is 1. The molecular weight excluding hydrogens is 408 g/mol. The van der Waals surface area contributed by atoms with Gasteiger partial charge < -0.3 is 14.4 Å². The molecule has 1 unspecified atom stereocenters. The molecule has 0 spiro atoms. The zero-order valence-electron chi connectivity index (χ0n) is 17.3. The van der Waals surface area contributed by atoms with Crippen LogP contribution < -0.4 is 9.64 Å². The molecule has 1 heterocycles. The van der Waals surface area contributed by atoms with Gasteiger partial charge in [-0.25, -0.2) is 13.2 Å². The molecule has 1 amide bonds. The van der Waals surface area contributed by atoms with Gasteiger partial charge in [0.05, 0.1) is 30.8 Å². The normalized spacial score (nSPS) is 16.0. The number of aryl methyl sites for hydroxylation is 2. The molecule has 0 aromatic heterocycles. The molecule has 0 saturated heterocycles. The number of sulfonamides is 1.